The van der Waals surface area contributed by atoms with Gasteiger partial charge >= 0.3 is 0 Å². The Bertz CT molecular complexity index is 344. The summed E-state index contributed by atoms with van der Waals surface area (Å²) in [5.74, 6) is 1.30. The van der Waals surface area contributed by atoms with Gasteiger partial charge in [0.15, 0.2) is 0 Å². The summed E-state index contributed by atoms with van der Waals surface area (Å²) < 4.78 is 0. The van der Waals surface area contributed by atoms with E-state index in [1.165, 1.54) is 41.3 Å². The Labute approximate surface area is 102 Å². The van der Waals surface area contributed by atoms with Crippen LogP contribution in [0.5, 0.6) is 0 Å². The van der Waals surface area contributed by atoms with Crippen LogP contribution in [0.1, 0.15) is 54.6 Å². The van der Waals surface area contributed by atoms with Crippen molar-refractivity contribution < 1.29 is 0 Å². The molecule has 0 aromatic carbocycles. The van der Waals surface area contributed by atoms with Crippen molar-refractivity contribution in [3.63, 3.8) is 0 Å². The van der Waals surface area contributed by atoms with Crippen LogP contribution >= 0.6 is 11.3 Å². The Morgan fingerprint density at radius 2 is 2.31 bits per heavy atom. The Morgan fingerprint density at radius 1 is 1.50 bits per heavy atom. The first-order valence-corrected chi connectivity index (χ1v) is 7.21. The van der Waals surface area contributed by atoms with Gasteiger partial charge in [0.25, 0.3) is 0 Å². The van der Waals surface area contributed by atoms with Crippen LogP contribution in [0.2, 0.25) is 0 Å². The molecule has 0 aliphatic heterocycles. The minimum Gasteiger partial charge on any atom is -0.330 e. The van der Waals surface area contributed by atoms with Gasteiger partial charge in [0.1, 0.15) is 0 Å². The lowest BCUT2D eigenvalue weighted by atomic mass is 9.91. The molecule has 1 heterocycles. The van der Waals surface area contributed by atoms with Gasteiger partial charge in [0, 0.05) is 17.3 Å². The highest BCUT2D eigenvalue weighted by Gasteiger charge is 2.23. The Kier molecular flexibility index (Phi) is 3.98. The normalized spacial score (nSPS) is 20.1. The van der Waals surface area contributed by atoms with Gasteiger partial charge in [0.05, 0.1) is 10.7 Å². The zero-order valence-electron chi connectivity index (χ0n) is 10.3. The summed E-state index contributed by atoms with van der Waals surface area (Å²) in [6.45, 7) is 5.31. The molecule has 1 aromatic rings. The molecule has 1 unspecified atom stereocenters. The monoisotopic (exact) mass is 238 g/mol. The van der Waals surface area contributed by atoms with Crippen molar-refractivity contribution in [1.82, 2.24) is 4.98 Å². The van der Waals surface area contributed by atoms with Crippen molar-refractivity contribution in [3.05, 3.63) is 15.6 Å². The van der Waals surface area contributed by atoms with Crippen LogP contribution in [0.4, 0.5) is 0 Å². The van der Waals surface area contributed by atoms with Crippen molar-refractivity contribution in [2.24, 2.45) is 11.7 Å². The molecule has 0 amide bonds. The molecule has 2 N–H and O–H groups in total. The fourth-order valence-corrected chi connectivity index (χ4v) is 3.52. The highest BCUT2D eigenvalue weighted by Crippen LogP contribution is 2.34. The number of aromatic nitrogens is 1. The van der Waals surface area contributed by atoms with E-state index in [0.717, 1.165) is 18.9 Å². The zero-order valence-corrected chi connectivity index (χ0v) is 11.1. The fraction of sp³-hybridized carbons (Fsp3) is 0.769. The topological polar surface area (TPSA) is 38.9 Å². The second-order valence-corrected chi connectivity index (χ2v) is 6.34. The maximum Gasteiger partial charge on any atom is 0.0931 e. The second-order valence-electron chi connectivity index (χ2n) is 5.17. The molecule has 3 heteroatoms. The van der Waals surface area contributed by atoms with Crippen molar-refractivity contribution in [2.45, 2.75) is 51.9 Å². The fourth-order valence-electron chi connectivity index (χ4n) is 2.31. The van der Waals surface area contributed by atoms with E-state index in [2.05, 4.69) is 13.8 Å². The molecule has 90 valence electrons. The SMILES string of the molecule is CC(C)CCc1nc2c(s1)CCCC2CN. The molecule has 2 nitrogen and oxygen atoms in total. The number of aryl methyl sites for hydroxylation is 2. The first-order chi connectivity index (χ1) is 7.70. The molecular weight excluding hydrogens is 216 g/mol. The molecule has 0 bridgehead atoms. The average molecular weight is 238 g/mol. The maximum atomic E-state index is 5.81. The molecule has 0 spiro atoms. The van der Waals surface area contributed by atoms with Crippen LogP contribution in [-0.4, -0.2) is 11.5 Å². The van der Waals surface area contributed by atoms with E-state index in [0.29, 0.717) is 5.92 Å². The van der Waals surface area contributed by atoms with Gasteiger partial charge in [0.2, 0.25) is 0 Å². The zero-order chi connectivity index (χ0) is 11.5. The third kappa shape index (κ3) is 2.64. The van der Waals surface area contributed by atoms with Gasteiger partial charge in [-0.1, -0.05) is 13.8 Å². The number of nitrogens with two attached hydrogens (primary N) is 1. The van der Waals surface area contributed by atoms with E-state index in [-0.39, 0.29) is 0 Å². The van der Waals surface area contributed by atoms with Crippen LogP contribution < -0.4 is 5.73 Å². The molecule has 0 radical (unpaired) electrons. The Morgan fingerprint density at radius 3 is 3.00 bits per heavy atom. The largest absolute Gasteiger partial charge is 0.330 e. The number of rotatable bonds is 4. The van der Waals surface area contributed by atoms with Crippen LogP contribution in [0.15, 0.2) is 0 Å². The highest BCUT2D eigenvalue weighted by atomic mass is 32.1. The van der Waals surface area contributed by atoms with Crippen molar-refractivity contribution >= 4 is 11.3 Å². The molecule has 2 rings (SSSR count). The first-order valence-electron chi connectivity index (χ1n) is 6.39. The molecule has 1 aliphatic carbocycles. The van der Waals surface area contributed by atoms with Crippen LogP contribution in [0.3, 0.4) is 0 Å². The summed E-state index contributed by atoms with van der Waals surface area (Å²) in [5.41, 5.74) is 7.15. The van der Waals surface area contributed by atoms with E-state index in [1.807, 2.05) is 11.3 Å². The van der Waals surface area contributed by atoms with Gasteiger partial charge < -0.3 is 5.73 Å². The summed E-state index contributed by atoms with van der Waals surface area (Å²) in [6, 6.07) is 0. The number of hydrogen-bond donors (Lipinski definition) is 1. The average Bonchev–Trinajstić information content (AvgIpc) is 2.68. The molecule has 0 fully saturated rings. The van der Waals surface area contributed by atoms with E-state index < -0.39 is 0 Å². The number of nitrogens with zero attached hydrogens (tertiary/aromatic N) is 1. The van der Waals surface area contributed by atoms with E-state index in [9.17, 15) is 0 Å². The predicted molar refractivity (Wildman–Crippen MR) is 70.0 cm³/mol. The second kappa shape index (κ2) is 5.28. The van der Waals surface area contributed by atoms with Crippen molar-refractivity contribution in [1.29, 1.82) is 0 Å². The number of fused-ring (bicyclic) bond motifs is 1. The Hall–Kier alpha value is -0.410. The van der Waals surface area contributed by atoms with Gasteiger partial charge in [-0.2, -0.15) is 0 Å². The molecule has 1 aliphatic rings. The van der Waals surface area contributed by atoms with E-state index >= 15 is 0 Å². The minimum atomic E-state index is 0.535. The number of thiazole rings is 1. The summed E-state index contributed by atoms with van der Waals surface area (Å²) in [6.07, 6.45) is 6.15. The molecule has 1 aromatic heterocycles. The molecule has 1 atom stereocenters. The molecule has 0 saturated carbocycles. The standard InChI is InChI=1S/C13H22N2S/c1-9(2)6-7-12-15-13-10(8-14)4-3-5-11(13)16-12/h9-10H,3-8,14H2,1-2H3. The predicted octanol–water partition coefficient (Wildman–Crippen LogP) is 3.11. The Balaban J connectivity index is 2.09. The summed E-state index contributed by atoms with van der Waals surface area (Å²) in [4.78, 5) is 6.33. The third-order valence-corrected chi connectivity index (χ3v) is 4.53. The molecular formula is C13H22N2S. The third-order valence-electron chi connectivity index (χ3n) is 3.34. The van der Waals surface area contributed by atoms with Crippen LogP contribution in [0, 0.1) is 5.92 Å². The van der Waals surface area contributed by atoms with E-state index in [1.54, 1.807) is 0 Å². The lowest BCUT2D eigenvalue weighted by Gasteiger charge is -2.18. The quantitative estimate of drug-likeness (QED) is 0.875. The molecule has 0 saturated heterocycles. The smallest absolute Gasteiger partial charge is 0.0931 e. The maximum absolute atomic E-state index is 5.81. The van der Waals surface area contributed by atoms with Gasteiger partial charge in [-0.05, 0) is 38.0 Å². The van der Waals surface area contributed by atoms with Crippen LogP contribution in [-0.2, 0) is 12.8 Å². The number of hydrogen-bond acceptors (Lipinski definition) is 3. The van der Waals surface area contributed by atoms with Gasteiger partial charge in [-0.15, -0.1) is 11.3 Å². The van der Waals surface area contributed by atoms with Crippen LogP contribution in [0.25, 0.3) is 0 Å². The summed E-state index contributed by atoms with van der Waals surface area (Å²) in [7, 11) is 0. The summed E-state index contributed by atoms with van der Waals surface area (Å²) in [5, 5.41) is 1.33. The van der Waals surface area contributed by atoms with Gasteiger partial charge in [-0.3, -0.25) is 0 Å². The summed E-state index contributed by atoms with van der Waals surface area (Å²) >= 11 is 1.93. The minimum absolute atomic E-state index is 0.535. The lowest BCUT2D eigenvalue weighted by Crippen LogP contribution is -2.17. The van der Waals surface area contributed by atoms with E-state index in [4.69, 9.17) is 10.7 Å². The highest BCUT2D eigenvalue weighted by molar-refractivity contribution is 7.11. The van der Waals surface area contributed by atoms with Gasteiger partial charge in [-0.25, -0.2) is 4.98 Å². The van der Waals surface area contributed by atoms with Crippen molar-refractivity contribution in [2.75, 3.05) is 6.54 Å². The lowest BCUT2D eigenvalue weighted by molar-refractivity contribution is 0.549. The molecule has 16 heavy (non-hydrogen) atoms. The first kappa shape index (κ1) is 12.1. The van der Waals surface area contributed by atoms with Crippen molar-refractivity contribution in [3.8, 4) is 0 Å².